The summed E-state index contributed by atoms with van der Waals surface area (Å²) in [5.41, 5.74) is 2.05. The lowest BCUT2D eigenvalue weighted by molar-refractivity contribution is -0.255. The Bertz CT molecular complexity index is 2130. The molecule has 0 bridgehead atoms. The molecule has 2 aromatic heterocycles. The number of esters is 1. The van der Waals surface area contributed by atoms with Crippen LogP contribution in [0.3, 0.4) is 0 Å². The van der Waals surface area contributed by atoms with Gasteiger partial charge in [0.1, 0.15) is 11.5 Å². The summed E-state index contributed by atoms with van der Waals surface area (Å²) in [6, 6.07) is 23.1. The van der Waals surface area contributed by atoms with Gasteiger partial charge in [-0.2, -0.15) is 0 Å². The average Bonchev–Trinajstić information content (AvgIpc) is 3.61. The second-order valence-corrected chi connectivity index (χ2v) is 11.5. The highest BCUT2D eigenvalue weighted by Crippen LogP contribution is 2.35. The van der Waals surface area contributed by atoms with Crippen LogP contribution in [0.5, 0.6) is 0 Å². The molecule has 3 heterocycles. The standard InChI is InChI=1S/C33H22Cl2N2O6S/c1-2-42-32(41)27-28(18-6-4-3-5-7-18)36-33-37(29(27)19-8-11-21(34)12-9-19)30(38)26(44-33)17-22-13-15-25(43-22)20-10-14-23(31(39)40)24(35)16-20/h3-17,29H,2H2,1H3,(H,39,40)/p-1/b26-17-/t29-/m0/s1. The molecular weight excluding hydrogens is 623 g/mol. The molecule has 3 aromatic carbocycles. The van der Waals surface area contributed by atoms with E-state index in [1.165, 1.54) is 16.7 Å². The number of ether oxygens (including phenoxy) is 1. The normalized spacial score (nSPS) is 14.7. The number of aromatic nitrogens is 1. The number of carbonyl (C=O) groups excluding carboxylic acids is 2. The van der Waals surface area contributed by atoms with Gasteiger partial charge < -0.3 is 19.1 Å². The summed E-state index contributed by atoms with van der Waals surface area (Å²) in [7, 11) is 0. The molecule has 5 aromatic rings. The highest BCUT2D eigenvalue weighted by atomic mass is 35.5. The lowest BCUT2D eigenvalue weighted by atomic mass is 9.93. The third-order valence-corrected chi connectivity index (χ3v) is 8.48. The predicted octanol–water partition coefficient (Wildman–Crippen LogP) is 4.87. The van der Waals surface area contributed by atoms with Gasteiger partial charge in [-0.3, -0.25) is 9.36 Å². The first kappa shape index (κ1) is 29.4. The number of fused-ring (bicyclic) bond motifs is 1. The van der Waals surface area contributed by atoms with Crippen molar-refractivity contribution < 1.29 is 23.8 Å². The van der Waals surface area contributed by atoms with Crippen LogP contribution in [0.1, 0.15) is 40.2 Å². The molecule has 0 saturated heterocycles. The number of hydrogen-bond acceptors (Lipinski definition) is 8. The number of halogens is 2. The Morgan fingerprint density at radius 3 is 2.45 bits per heavy atom. The maximum absolute atomic E-state index is 14.0. The SMILES string of the molecule is CCOC(=O)C1=C(c2ccccc2)N=c2s/c(=C\c3ccc(-c4ccc(C(=O)[O-])c(Cl)c4)o3)c(=O)n2[C@H]1c1ccc(Cl)cc1. The third kappa shape index (κ3) is 5.53. The molecule has 44 heavy (non-hydrogen) atoms. The highest BCUT2D eigenvalue weighted by molar-refractivity contribution is 7.07. The van der Waals surface area contributed by atoms with E-state index in [1.807, 2.05) is 30.3 Å². The van der Waals surface area contributed by atoms with Gasteiger partial charge in [0.25, 0.3) is 5.56 Å². The molecule has 0 fully saturated rings. The Hall–Kier alpha value is -4.70. The lowest BCUT2D eigenvalue weighted by Gasteiger charge is -2.25. The van der Waals surface area contributed by atoms with Gasteiger partial charge in [0.2, 0.25) is 0 Å². The van der Waals surface area contributed by atoms with Crippen molar-refractivity contribution in [2.75, 3.05) is 6.61 Å². The Balaban J connectivity index is 1.52. The molecule has 11 heteroatoms. The summed E-state index contributed by atoms with van der Waals surface area (Å²) in [5, 5.41) is 11.7. The van der Waals surface area contributed by atoms with Gasteiger partial charge >= 0.3 is 5.97 Å². The van der Waals surface area contributed by atoms with Crippen molar-refractivity contribution in [3.8, 4) is 11.3 Å². The molecule has 8 nitrogen and oxygen atoms in total. The summed E-state index contributed by atoms with van der Waals surface area (Å²) in [4.78, 5) is 44.0. The molecule has 0 radical (unpaired) electrons. The van der Waals surface area contributed by atoms with Crippen molar-refractivity contribution in [3.63, 3.8) is 0 Å². The number of thiazole rings is 1. The Morgan fingerprint density at radius 2 is 1.77 bits per heavy atom. The van der Waals surface area contributed by atoms with Gasteiger partial charge in [0.15, 0.2) is 4.80 Å². The lowest BCUT2D eigenvalue weighted by Crippen LogP contribution is -2.39. The fourth-order valence-electron chi connectivity index (χ4n) is 4.95. The highest BCUT2D eigenvalue weighted by Gasteiger charge is 2.35. The van der Waals surface area contributed by atoms with E-state index in [-0.39, 0.29) is 28.3 Å². The molecule has 0 amide bonds. The molecule has 6 rings (SSSR count). The van der Waals surface area contributed by atoms with Gasteiger partial charge in [-0.05, 0) is 42.8 Å². The second kappa shape index (κ2) is 12.1. The minimum atomic E-state index is -1.38. The summed E-state index contributed by atoms with van der Waals surface area (Å²) >= 11 is 13.4. The molecule has 1 aliphatic heterocycles. The molecule has 0 saturated carbocycles. The monoisotopic (exact) mass is 643 g/mol. The van der Waals surface area contributed by atoms with Crippen LogP contribution in [0.15, 0.2) is 105 Å². The predicted molar refractivity (Wildman–Crippen MR) is 166 cm³/mol. The van der Waals surface area contributed by atoms with Crippen LogP contribution < -0.4 is 20.0 Å². The van der Waals surface area contributed by atoms with E-state index < -0.39 is 18.0 Å². The Morgan fingerprint density at radius 1 is 1.02 bits per heavy atom. The fourth-order valence-corrected chi connectivity index (χ4v) is 6.31. The maximum Gasteiger partial charge on any atom is 0.338 e. The van der Waals surface area contributed by atoms with E-state index in [1.54, 1.807) is 55.5 Å². The van der Waals surface area contributed by atoms with Crippen LogP contribution in [0.2, 0.25) is 10.0 Å². The molecule has 0 N–H and O–H groups in total. The summed E-state index contributed by atoms with van der Waals surface area (Å²) in [5.74, 6) is -1.16. The van der Waals surface area contributed by atoms with E-state index >= 15 is 0 Å². The van der Waals surface area contributed by atoms with Crippen molar-refractivity contribution in [2.45, 2.75) is 13.0 Å². The average molecular weight is 645 g/mol. The molecule has 1 aliphatic rings. The van der Waals surface area contributed by atoms with Crippen LogP contribution in [0.4, 0.5) is 0 Å². The van der Waals surface area contributed by atoms with E-state index in [0.717, 1.165) is 11.3 Å². The summed E-state index contributed by atoms with van der Waals surface area (Å²) in [6.07, 6.45) is 1.60. The number of nitrogens with zero attached hydrogens (tertiary/aromatic N) is 2. The fraction of sp³-hybridized carbons (Fsp3) is 0.0909. The van der Waals surface area contributed by atoms with E-state index in [2.05, 4.69) is 0 Å². The number of aromatic carboxylic acids is 1. The van der Waals surface area contributed by atoms with Crippen LogP contribution in [0.25, 0.3) is 23.1 Å². The van der Waals surface area contributed by atoms with Crippen LogP contribution in [0, 0.1) is 0 Å². The number of carboxylic acid groups (broad SMARTS) is 1. The maximum atomic E-state index is 14.0. The zero-order valence-electron chi connectivity index (χ0n) is 23.0. The van der Waals surface area contributed by atoms with Gasteiger partial charge in [0.05, 0.1) is 39.4 Å². The van der Waals surface area contributed by atoms with Crippen molar-refractivity contribution in [2.24, 2.45) is 4.99 Å². The Labute approximate surface area is 264 Å². The molecule has 1 atom stereocenters. The van der Waals surface area contributed by atoms with E-state index in [9.17, 15) is 19.5 Å². The minimum Gasteiger partial charge on any atom is -0.545 e. The first-order valence-electron chi connectivity index (χ1n) is 13.4. The van der Waals surface area contributed by atoms with Gasteiger partial charge in [-0.15, -0.1) is 0 Å². The number of carboxylic acids is 1. The second-order valence-electron chi connectivity index (χ2n) is 9.67. The van der Waals surface area contributed by atoms with Crippen molar-refractivity contribution in [1.29, 1.82) is 0 Å². The summed E-state index contributed by atoms with van der Waals surface area (Å²) < 4.78 is 13.3. The number of carbonyl (C=O) groups is 2. The molecule has 0 unspecified atom stereocenters. The molecule has 0 aliphatic carbocycles. The number of furan rings is 1. The number of rotatable bonds is 7. The zero-order chi connectivity index (χ0) is 31.0. The molecular formula is C33H21Cl2N2O6S-. The van der Waals surface area contributed by atoms with Crippen molar-refractivity contribution in [1.82, 2.24) is 4.57 Å². The minimum absolute atomic E-state index is 0.0163. The smallest absolute Gasteiger partial charge is 0.338 e. The van der Waals surface area contributed by atoms with Crippen LogP contribution in [-0.4, -0.2) is 23.1 Å². The molecule has 220 valence electrons. The van der Waals surface area contributed by atoms with Crippen molar-refractivity contribution >= 4 is 58.3 Å². The third-order valence-electron chi connectivity index (χ3n) is 6.93. The zero-order valence-corrected chi connectivity index (χ0v) is 25.3. The van der Waals surface area contributed by atoms with E-state index in [4.69, 9.17) is 37.3 Å². The van der Waals surface area contributed by atoms with Gasteiger partial charge in [-0.1, -0.05) is 89.1 Å². The molecule has 0 spiro atoms. The topological polar surface area (TPSA) is 114 Å². The number of hydrogen-bond donors (Lipinski definition) is 0. The van der Waals surface area contributed by atoms with Crippen molar-refractivity contribution in [3.05, 3.63) is 143 Å². The Kier molecular flexibility index (Phi) is 8.09. The largest absolute Gasteiger partial charge is 0.545 e. The summed E-state index contributed by atoms with van der Waals surface area (Å²) in [6.45, 7) is 1.86. The first-order valence-corrected chi connectivity index (χ1v) is 15.0. The number of benzene rings is 3. The van der Waals surface area contributed by atoms with Gasteiger partial charge in [-0.25, -0.2) is 9.79 Å². The van der Waals surface area contributed by atoms with Crippen LogP contribution in [-0.2, 0) is 9.53 Å². The van der Waals surface area contributed by atoms with E-state index in [0.29, 0.717) is 48.3 Å². The first-order chi connectivity index (χ1) is 21.2. The quantitative estimate of drug-likeness (QED) is 0.234. The van der Waals surface area contributed by atoms with Gasteiger partial charge in [0, 0.05) is 27.8 Å². The van der Waals surface area contributed by atoms with Crippen LogP contribution >= 0.6 is 34.5 Å².